The van der Waals surface area contributed by atoms with Gasteiger partial charge >= 0.3 is 5.97 Å². The third-order valence-electron chi connectivity index (χ3n) is 3.37. The smallest absolute Gasteiger partial charge is 0.343 e. The van der Waals surface area contributed by atoms with Crippen LogP contribution in [0.2, 0.25) is 0 Å². The van der Waals surface area contributed by atoms with Crippen molar-refractivity contribution in [1.82, 2.24) is 0 Å². The number of rotatable bonds is 5. The van der Waals surface area contributed by atoms with Crippen molar-refractivity contribution in [1.29, 1.82) is 0 Å². The Labute approximate surface area is 135 Å². The summed E-state index contributed by atoms with van der Waals surface area (Å²) in [5.74, 6) is 0.0509. The van der Waals surface area contributed by atoms with Crippen molar-refractivity contribution in [3.63, 3.8) is 0 Å². The number of carbonyl (C=O) groups is 2. The largest absolute Gasteiger partial charge is 0.493 e. The molecule has 0 aliphatic carbocycles. The maximum atomic E-state index is 12.3. The van der Waals surface area contributed by atoms with Gasteiger partial charge in [0.25, 0.3) is 0 Å². The molecule has 2 aromatic rings. The van der Waals surface area contributed by atoms with Gasteiger partial charge in [-0.2, -0.15) is 0 Å². The van der Waals surface area contributed by atoms with Crippen molar-refractivity contribution < 1.29 is 19.1 Å². The Morgan fingerprint density at radius 3 is 2.30 bits per heavy atom. The van der Waals surface area contributed by atoms with Gasteiger partial charge in [0.1, 0.15) is 0 Å². The number of ether oxygens (including phenoxy) is 2. The molecule has 0 bridgehead atoms. The Bertz CT molecular complexity index is 738. The van der Waals surface area contributed by atoms with Crippen molar-refractivity contribution >= 4 is 17.4 Å². The molecule has 2 aromatic carbocycles. The van der Waals surface area contributed by atoms with Gasteiger partial charge in [-0.15, -0.1) is 0 Å². The van der Waals surface area contributed by atoms with Gasteiger partial charge in [-0.1, -0.05) is 6.07 Å². The predicted octanol–water partition coefficient (Wildman–Crippen LogP) is 3.18. The van der Waals surface area contributed by atoms with E-state index in [1.165, 1.54) is 14.0 Å². The van der Waals surface area contributed by atoms with E-state index in [1.807, 2.05) is 25.1 Å². The topological polar surface area (TPSA) is 55.8 Å². The van der Waals surface area contributed by atoms with Crippen LogP contribution in [0.4, 0.5) is 5.69 Å². The van der Waals surface area contributed by atoms with Crippen molar-refractivity contribution in [2.24, 2.45) is 0 Å². The van der Waals surface area contributed by atoms with Gasteiger partial charge in [0, 0.05) is 25.3 Å². The Hall–Kier alpha value is -2.82. The van der Waals surface area contributed by atoms with E-state index in [4.69, 9.17) is 9.47 Å². The zero-order chi connectivity index (χ0) is 17.0. The second kappa shape index (κ2) is 6.96. The molecule has 0 spiro atoms. The van der Waals surface area contributed by atoms with Crippen LogP contribution in [0.25, 0.3) is 0 Å². The van der Waals surface area contributed by atoms with Gasteiger partial charge in [0.05, 0.1) is 12.7 Å². The zero-order valence-electron chi connectivity index (χ0n) is 13.6. The fourth-order valence-electron chi connectivity index (χ4n) is 2.04. The molecular weight excluding hydrogens is 294 g/mol. The normalized spacial score (nSPS) is 10.1. The first kappa shape index (κ1) is 16.5. The van der Waals surface area contributed by atoms with E-state index >= 15 is 0 Å². The Morgan fingerprint density at radius 2 is 1.70 bits per heavy atom. The van der Waals surface area contributed by atoms with Crippen LogP contribution in [0.3, 0.4) is 0 Å². The van der Waals surface area contributed by atoms with Gasteiger partial charge < -0.3 is 14.4 Å². The quantitative estimate of drug-likeness (QED) is 0.482. The maximum absolute atomic E-state index is 12.3. The third-order valence-corrected chi connectivity index (χ3v) is 3.37. The molecular formula is C18H19NO4. The van der Waals surface area contributed by atoms with E-state index < -0.39 is 5.97 Å². The number of anilines is 1. The minimum absolute atomic E-state index is 0.0835. The highest BCUT2D eigenvalue weighted by Crippen LogP contribution is 2.29. The highest BCUT2D eigenvalue weighted by atomic mass is 16.6. The van der Waals surface area contributed by atoms with Gasteiger partial charge in [-0.25, -0.2) is 4.79 Å². The van der Waals surface area contributed by atoms with Crippen molar-refractivity contribution in [3.05, 3.63) is 53.6 Å². The summed E-state index contributed by atoms with van der Waals surface area (Å²) in [5.41, 5.74) is 1.84. The summed E-state index contributed by atoms with van der Waals surface area (Å²) < 4.78 is 10.6. The molecule has 5 nitrogen and oxygen atoms in total. The summed E-state index contributed by atoms with van der Waals surface area (Å²) >= 11 is 0. The molecule has 0 heterocycles. The lowest BCUT2D eigenvalue weighted by molar-refractivity contribution is 0.0729. The van der Waals surface area contributed by atoms with Crippen LogP contribution >= 0.6 is 0 Å². The van der Waals surface area contributed by atoms with E-state index in [1.54, 1.807) is 36.4 Å². The lowest BCUT2D eigenvalue weighted by Gasteiger charge is -2.14. The number of esters is 1. The molecule has 0 fully saturated rings. The van der Waals surface area contributed by atoms with Crippen LogP contribution in [0.1, 0.15) is 27.6 Å². The second-order valence-electron chi connectivity index (χ2n) is 5.26. The maximum Gasteiger partial charge on any atom is 0.343 e. The van der Waals surface area contributed by atoms with Gasteiger partial charge in [-0.3, -0.25) is 4.79 Å². The van der Waals surface area contributed by atoms with Crippen LogP contribution in [-0.2, 0) is 0 Å². The van der Waals surface area contributed by atoms with Crippen LogP contribution < -0.4 is 14.4 Å². The summed E-state index contributed by atoms with van der Waals surface area (Å²) in [5, 5.41) is 0. The molecule has 2 rings (SSSR count). The highest BCUT2D eigenvalue weighted by Gasteiger charge is 2.14. The lowest BCUT2D eigenvalue weighted by atomic mass is 10.1. The number of Topliss-reactive ketones (excluding diaryl/α,β-unsaturated/α-hetero) is 1. The van der Waals surface area contributed by atoms with E-state index in [0.29, 0.717) is 16.9 Å². The molecule has 0 saturated carbocycles. The first-order valence-corrected chi connectivity index (χ1v) is 7.11. The van der Waals surface area contributed by atoms with E-state index in [-0.39, 0.29) is 11.5 Å². The van der Waals surface area contributed by atoms with E-state index in [9.17, 15) is 9.59 Å². The monoisotopic (exact) mass is 313 g/mol. The van der Waals surface area contributed by atoms with E-state index in [2.05, 4.69) is 0 Å². The number of methoxy groups -OCH3 is 1. The molecule has 0 N–H and O–H groups in total. The SMILES string of the molecule is COc1cc(C(C)=O)ccc1OC(=O)c1cccc(N(C)C)c1. The van der Waals surface area contributed by atoms with Crippen molar-refractivity contribution in [3.8, 4) is 11.5 Å². The third kappa shape index (κ3) is 3.88. The molecule has 0 aliphatic heterocycles. The minimum Gasteiger partial charge on any atom is -0.493 e. The average molecular weight is 313 g/mol. The summed E-state index contributed by atoms with van der Waals surface area (Å²) in [6.45, 7) is 1.47. The standard InChI is InChI=1S/C18H19NO4/c1-12(20)13-8-9-16(17(11-13)22-4)23-18(21)14-6-5-7-15(10-14)19(2)3/h5-11H,1-4H3. The van der Waals surface area contributed by atoms with Crippen LogP contribution in [0.15, 0.2) is 42.5 Å². The number of hydrogen-bond acceptors (Lipinski definition) is 5. The first-order valence-electron chi connectivity index (χ1n) is 7.11. The van der Waals surface area contributed by atoms with Crippen LogP contribution in [0.5, 0.6) is 11.5 Å². The molecule has 0 atom stereocenters. The summed E-state index contributed by atoms with van der Waals surface area (Å²) in [7, 11) is 5.26. The van der Waals surface area contributed by atoms with E-state index in [0.717, 1.165) is 5.69 Å². The number of carbonyl (C=O) groups excluding carboxylic acids is 2. The number of ketones is 1. The minimum atomic E-state index is -0.484. The Morgan fingerprint density at radius 1 is 0.957 bits per heavy atom. The summed E-state index contributed by atoms with van der Waals surface area (Å²) in [4.78, 5) is 25.6. The fourth-order valence-corrected chi connectivity index (χ4v) is 2.04. The molecule has 0 unspecified atom stereocenters. The van der Waals surface area contributed by atoms with Crippen LogP contribution in [-0.4, -0.2) is 33.0 Å². The molecule has 5 heteroatoms. The highest BCUT2D eigenvalue weighted by molar-refractivity contribution is 5.95. The molecule has 120 valence electrons. The molecule has 23 heavy (non-hydrogen) atoms. The number of nitrogens with zero attached hydrogens (tertiary/aromatic N) is 1. The number of benzene rings is 2. The van der Waals surface area contributed by atoms with Gasteiger partial charge in [-0.05, 0) is 43.3 Å². The van der Waals surface area contributed by atoms with Crippen molar-refractivity contribution in [2.75, 3.05) is 26.1 Å². The van der Waals surface area contributed by atoms with Gasteiger partial charge in [0.2, 0.25) is 0 Å². The molecule has 0 aromatic heterocycles. The fraction of sp³-hybridized carbons (Fsp3) is 0.222. The van der Waals surface area contributed by atoms with Gasteiger partial charge in [0.15, 0.2) is 17.3 Å². The number of hydrogen-bond donors (Lipinski definition) is 0. The first-order chi connectivity index (χ1) is 10.9. The molecule has 0 amide bonds. The second-order valence-corrected chi connectivity index (χ2v) is 5.26. The molecule has 0 aliphatic rings. The van der Waals surface area contributed by atoms with Crippen molar-refractivity contribution in [2.45, 2.75) is 6.92 Å². The van der Waals surface area contributed by atoms with Crippen LogP contribution in [0, 0.1) is 0 Å². The molecule has 0 radical (unpaired) electrons. The summed E-state index contributed by atoms with van der Waals surface area (Å²) in [6, 6.07) is 11.8. The Kier molecular flexibility index (Phi) is 5.01. The average Bonchev–Trinajstić information content (AvgIpc) is 2.55. The lowest BCUT2D eigenvalue weighted by Crippen LogP contribution is -2.12. The summed E-state index contributed by atoms with van der Waals surface area (Å²) in [6.07, 6.45) is 0. The zero-order valence-corrected chi connectivity index (χ0v) is 13.6. The Balaban J connectivity index is 2.26. The predicted molar refractivity (Wildman–Crippen MR) is 88.7 cm³/mol. The molecule has 0 saturated heterocycles.